The van der Waals surface area contributed by atoms with Crippen LogP contribution in [-0.2, 0) is 10.0 Å². The van der Waals surface area contributed by atoms with Gasteiger partial charge in [-0.05, 0) is 93.3 Å². The molecule has 4 rings (SSSR count). The van der Waals surface area contributed by atoms with Gasteiger partial charge < -0.3 is 0 Å². The van der Waals surface area contributed by atoms with Crippen molar-refractivity contribution < 1.29 is 12.8 Å². The number of nitrogens with one attached hydrogen (secondary N) is 1. The summed E-state index contributed by atoms with van der Waals surface area (Å²) >= 11 is 0. The van der Waals surface area contributed by atoms with E-state index in [1.165, 1.54) is 6.07 Å². The average molecular weight is 427 g/mol. The van der Waals surface area contributed by atoms with E-state index in [1.54, 1.807) is 30.5 Å². The summed E-state index contributed by atoms with van der Waals surface area (Å²) in [5.41, 5.74) is 2.99. The topological polar surface area (TPSA) is 59.1 Å². The van der Waals surface area contributed by atoms with Gasteiger partial charge >= 0.3 is 0 Å². The van der Waals surface area contributed by atoms with Crippen molar-refractivity contribution in [1.82, 2.24) is 9.71 Å². The molecule has 1 saturated carbocycles. The normalized spacial score (nSPS) is 20.9. The van der Waals surface area contributed by atoms with Crippen molar-refractivity contribution in [2.24, 2.45) is 5.92 Å². The maximum atomic E-state index is 13.8. The summed E-state index contributed by atoms with van der Waals surface area (Å²) in [4.78, 5) is 4.66. The molecule has 1 aliphatic rings. The van der Waals surface area contributed by atoms with Crippen LogP contribution in [0.5, 0.6) is 0 Å². The summed E-state index contributed by atoms with van der Waals surface area (Å²) < 4.78 is 42.1. The van der Waals surface area contributed by atoms with Gasteiger partial charge in [-0.15, -0.1) is 0 Å². The van der Waals surface area contributed by atoms with E-state index < -0.39 is 10.0 Å². The number of fused-ring (bicyclic) bond motifs is 1. The molecule has 6 heteroatoms. The summed E-state index contributed by atoms with van der Waals surface area (Å²) in [6, 6.07) is 13.5. The summed E-state index contributed by atoms with van der Waals surface area (Å²) in [6.07, 6.45) is 5.57. The lowest BCUT2D eigenvalue weighted by atomic mass is 9.76. The summed E-state index contributed by atoms with van der Waals surface area (Å²) in [7, 11) is -3.52. The molecule has 0 amide bonds. The second-order valence-electron chi connectivity index (χ2n) is 8.40. The quantitative estimate of drug-likeness (QED) is 0.600. The molecule has 1 N–H and O–H groups in total. The highest BCUT2D eigenvalue weighted by molar-refractivity contribution is 7.89. The number of hydrogen-bond acceptors (Lipinski definition) is 3. The van der Waals surface area contributed by atoms with Crippen LogP contribution in [0.4, 0.5) is 4.39 Å². The van der Waals surface area contributed by atoms with E-state index in [-0.39, 0.29) is 17.8 Å². The lowest BCUT2D eigenvalue weighted by Gasteiger charge is -2.33. The molecule has 1 aromatic heterocycles. The zero-order chi connectivity index (χ0) is 21.3. The fourth-order valence-electron chi connectivity index (χ4n) is 4.55. The van der Waals surface area contributed by atoms with Gasteiger partial charge in [0.1, 0.15) is 5.82 Å². The summed E-state index contributed by atoms with van der Waals surface area (Å²) in [5, 5.41) is 0.883. The van der Waals surface area contributed by atoms with Gasteiger partial charge in [0, 0.05) is 17.6 Å². The third kappa shape index (κ3) is 4.40. The third-order valence-electron chi connectivity index (χ3n) is 6.33. The molecular weight excluding hydrogens is 399 g/mol. The smallest absolute Gasteiger partial charge is 0.240 e. The second kappa shape index (κ2) is 8.44. The number of rotatable bonds is 5. The molecule has 1 heterocycles. The number of pyridine rings is 1. The zero-order valence-corrected chi connectivity index (χ0v) is 18.1. The number of aryl methyl sites for hydroxylation is 1. The average Bonchev–Trinajstić information content (AvgIpc) is 2.73. The first-order chi connectivity index (χ1) is 14.3. The van der Waals surface area contributed by atoms with Crippen LogP contribution in [-0.4, -0.2) is 19.4 Å². The van der Waals surface area contributed by atoms with E-state index >= 15 is 0 Å². The van der Waals surface area contributed by atoms with Crippen LogP contribution in [0.2, 0.25) is 0 Å². The molecule has 0 aliphatic heterocycles. The third-order valence-corrected chi connectivity index (χ3v) is 7.90. The molecular formula is C24H27FN2O2S. The summed E-state index contributed by atoms with van der Waals surface area (Å²) in [6.45, 7) is 3.89. The molecule has 1 aliphatic carbocycles. The van der Waals surface area contributed by atoms with Gasteiger partial charge in [-0.1, -0.05) is 17.7 Å². The molecule has 1 fully saturated rings. The van der Waals surface area contributed by atoms with E-state index in [0.717, 1.165) is 47.7 Å². The van der Waals surface area contributed by atoms with Crippen LogP contribution in [0.1, 0.15) is 49.7 Å². The molecule has 0 bridgehead atoms. The fourth-order valence-corrected chi connectivity index (χ4v) is 5.86. The Morgan fingerprint density at radius 3 is 2.43 bits per heavy atom. The van der Waals surface area contributed by atoms with Gasteiger partial charge in [0.05, 0.1) is 10.4 Å². The first-order valence-electron chi connectivity index (χ1n) is 10.5. The van der Waals surface area contributed by atoms with Crippen molar-refractivity contribution in [1.29, 1.82) is 0 Å². The van der Waals surface area contributed by atoms with Crippen molar-refractivity contribution >= 4 is 20.9 Å². The largest absolute Gasteiger partial charge is 0.256 e. The fraction of sp³-hybridized carbons (Fsp3) is 0.375. The van der Waals surface area contributed by atoms with Gasteiger partial charge in [-0.2, -0.15) is 0 Å². The number of sulfonamides is 1. The zero-order valence-electron chi connectivity index (χ0n) is 17.3. The van der Waals surface area contributed by atoms with E-state index in [9.17, 15) is 12.8 Å². The molecule has 30 heavy (non-hydrogen) atoms. The molecule has 0 radical (unpaired) electrons. The van der Waals surface area contributed by atoms with Gasteiger partial charge in [0.25, 0.3) is 0 Å². The molecule has 2 aromatic carbocycles. The molecule has 158 valence electrons. The van der Waals surface area contributed by atoms with Crippen LogP contribution in [0.15, 0.2) is 59.6 Å². The Morgan fingerprint density at radius 1 is 1.03 bits per heavy atom. The van der Waals surface area contributed by atoms with Gasteiger partial charge in [-0.3, -0.25) is 4.98 Å². The lowest BCUT2D eigenvalue weighted by Crippen LogP contribution is -2.39. The highest BCUT2D eigenvalue weighted by atomic mass is 32.2. The first-order valence-corrected chi connectivity index (χ1v) is 11.9. The van der Waals surface area contributed by atoms with Gasteiger partial charge in [-0.25, -0.2) is 17.5 Å². The number of benzene rings is 2. The number of hydrogen-bond donors (Lipinski definition) is 1. The monoisotopic (exact) mass is 426 g/mol. The van der Waals surface area contributed by atoms with E-state index in [1.807, 2.05) is 32.0 Å². The van der Waals surface area contributed by atoms with E-state index in [0.29, 0.717) is 10.8 Å². The highest BCUT2D eigenvalue weighted by Gasteiger charge is 2.29. The van der Waals surface area contributed by atoms with Gasteiger partial charge in [0.15, 0.2) is 0 Å². The van der Waals surface area contributed by atoms with Crippen molar-refractivity contribution in [3.63, 3.8) is 0 Å². The van der Waals surface area contributed by atoms with E-state index in [2.05, 4.69) is 9.71 Å². The highest BCUT2D eigenvalue weighted by Crippen LogP contribution is 2.39. The second-order valence-corrected chi connectivity index (χ2v) is 10.1. The maximum absolute atomic E-state index is 13.8. The maximum Gasteiger partial charge on any atom is 0.240 e. The standard InChI is InChI=1S/C24H27FN2O2S/c1-16-3-10-21(11-4-16)30(28,29)27-17(2)18-5-7-19(8-6-18)22-13-14-26-24-12-9-20(25)15-23(22)24/h3-4,9-15,17-19,27H,5-8H2,1-2H3/t17-,18-,19-/m1/s1. The van der Waals surface area contributed by atoms with Crippen LogP contribution in [0.25, 0.3) is 10.9 Å². The van der Waals surface area contributed by atoms with Crippen LogP contribution < -0.4 is 4.72 Å². The minimum atomic E-state index is -3.52. The SMILES string of the molecule is Cc1ccc(S(=O)(=O)N[C@H](C)[C@H]2CC[C@H](c3ccnc4ccc(F)cc43)CC2)cc1. The van der Waals surface area contributed by atoms with Crippen molar-refractivity contribution in [3.05, 3.63) is 71.7 Å². The number of nitrogens with zero attached hydrogens (tertiary/aromatic N) is 1. The predicted octanol–water partition coefficient (Wildman–Crippen LogP) is 5.32. The number of halogens is 1. The number of aromatic nitrogens is 1. The van der Waals surface area contributed by atoms with Crippen LogP contribution >= 0.6 is 0 Å². The predicted molar refractivity (Wildman–Crippen MR) is 117 cm³/mol. The minimum absolute atomic E-state index is 0.135. The Bertz CT molecular complexity index is 1140. The Kier molecular flexibility index (Phi) is 5.89. The van der Waals surface area contributed by atoms with Gasteiger partial charge in [0.2, 0.25) is 10.0 Å². The van der Waals surface area contributed by atoms with E-state index in [4.69, 9.17) is 0 Å². The lowest BCUT2D eigenvalue weighted by molar-refractivity contribution is 0.281. The molecule has 0 unspecified atom stereocenters. The molecule has 3 aromatic rings. The minimum Gasteiger partial charge on any atom is -0.256 e. The molecule has 4 nitrogen and oxygen atoms in total. The molecule has 1 atom stereocenters. The van der Waals surface area contributed by atoms with Crippen LogP contribution in [0, 0.1) is 18.7 Å². The first kappa shape index (κ1) is 20.9. The van der Waals surface area contributed by atoms with Crippen molar-refractivity contribution in [2.75, 3.05) is 0 Å². The Hall–Kier alpha value is -2.31. The molecule has 0 spiro atoms. The summed E-state index contributed by atoms with van der Waals surface area (Å²) in [5.74, 6) is 0.380. The Labute approximate surface area is 177 Å². The van der Waals surface area contributed by atoms with Crippen LogP contribution in [0.3, 0.4) is 0 Å². The molecule has 0 saturated heterocycles. The van der Waals surface area contributed by atoms with Crippen molar-refractivity contribution in [2.45, 2.75) is 56.4 Å². The Morgan fingerprint density at radius 2 is 1.73 bits per heavy atom. The van der Waals surface area contributed by atoms with Crippen molar-refractivity contribution in [3.8, 4) is 0 Å². The Balaban J connectivity index is 1.43.